The molecule has 2 aliphatic heterocycles. The Kier molecular flexibility index (Phi) is 6.02. The molecule has 2 N–H and O–H groups in total. The maximum Gasteiger partial charge on any atom is 0.234 e. The molecular weight excluding hydrogens is 314 g/mol. The van der Waals surface area contributed by atoms with Crippen LogP contribution in [0.5, 0.6) is 0 Å². The lowest BCUT2D eigenvalue weighted by molar-refractivity contribution is -0.122. The van der Waals surface area contributed by atoms with Gasteiger partial charge in [-0.3, -0.25) is 14.6 Å². The van der Waals surface area contributed by atoms with Crippen LogP contribution in [0.1, 0.15) is 11.3 Å². The van der Waals surface area contributed by atoms with Gasteiger partial charge in [0.15, 0.2) is 0 Å². The molecule has 0 aromatic carbocycles. The minimum Gasteiger partial charge on any atom is -0.389 e. The number of nitrogens with zero attached hydrogens (tertiary/aromatic N) is 2. The second-order valence-electron chi connectivity index (χ2n) is 6.19. The van der Waals surface area contributed by atoms with Gasteiger partial charge in [-0.25, -0.2) is 0 Å². The summed E-state index contributed by atoms with van der Waals surface area (Å²) in [5.41, 5.74) is 0. The fraction of sp³-hybridized carbons (Fsp3) is 0.688. The number of ether oxygens (including phenoxy) is 1. The number of nitrogens with one attached hydrogen (secondary N) is 1. The summed E-state index contributed by atoms with van der Waals surface area (Å²) in [6.45, 7) is 5.73. The van der Waals surface area contributed by atoms with Crippen molar-refractivity contribution in [3.8, 4) is 0 Å². The molecule has 0 radical (unpaired) electrons. The molecule has 2 fully saturated rings. The van der Waals surface area contributed by atoms with Gasteiger partial charge < -0.3 is 15.2 Å². The summed E-state index contributed by atoms with van der Waals surface area (Å²) in [6.07, 6.45) is 0.636. The quantitative estimate of drug-likeness (QED) is 0.798. The second-order valence-corrected chi connectivity index (χ2v) is 7.23. The molecule has 0 unspecified atom stereocenters. The van der Waals surface area contributed by atoms with Crippen LogP contribution in [-0.2, 0) is 16.1 Å². The Hall–Kier alpha value is -0.990. The first-order chi connectivity index (χ1) is 11.2. The summed E-state index contributed by atoms with van der Waals surface area (Å²) in [4.78, 5) is 17.8. The third-order valence-corrected chi connectivity index (χ3v) is 5.40. The molecule has 1 aromatic heterocycles. The van der Waals surface area contributed by atoms with Crippen LogP contribution in [0.3, 0.4) is 0 Å². The number of thiophene rings is 1. The van der Waals surface area contributed by atoms with Gasteiger partial charge in [-0.05, 0) is 31.0 Å². The smallest absolute Gasteiger partial charge is 0.234 e. The van der Waals surface area contributed by atoms with Crippen LogP contribution in [0.25, 0.3) is 0 Å². The van der Waals surface area contributed by atoms with Crippen LogP contribution < -0.4 is 5.32 Å². The van der Waals surface area contributed by atoms with Crippen LogP contribution in [0.4, 0.5) is 0 Å². The zero-order valence-corrected chi connectivity index (χ0v) is 14.1. The maximum atomic E-state index is 12.1. The molecular formula is C16H25N3O3S. The van der Waals surface area contributed by atoms with Crippen molar-refractivity contribution in [1.29, 1.82) is 0 Å². The van der Waals surface area contributed by atoms with E-state index in [2.05, 4.69) is 15.1 Å². The fourth-order valence-electron chi connectivity index (χ4n) is 3.22. The lowest BCUT2D eigenvalue weighted by Gasteiger charge is -2.28. The molecule has 2 atom stereocenters. The van der Waals surface area contributed by atoms with Gasteiger partial charge in [-0.2, -0.15) is 0 Å². The SMILES string of the molecule is O=C(CN1CCCN([C@H]2COC[C@@H]2O)CC1)NCc1cccs1. The number of carbonyl (C=O) groups is 1. The van der Waals surface area contributed by atoms with Crippen LogP contribution in [0, 0.1) is 0 Å². The van der Waals surface area contributed by atoms with E-state index in [9.17, 15) is 9.90 Å². The summed E-state index contributed by atoms with van der Waals surface area (Å²) >= 11 is 1.66. The molecule has 0 spiro atoms. The van der Waals surface area contributed by atoms with Crippen LogP contribution in [0.2, 0.25) is 0 Å². The molecule has 128 valence electrons. The predicted molar refractivity (Wildman–Crippen MR) is 89.4 cm³/mol. The van der Waals surface area contributed by atoms with Gasteiger partial charge in [0.1, 0.15) is 0 Å². The molecule has 3 heterocycles. The molecule has 0 aliphatic carbocycles. The number of amides is 1. The largest absolute Gasteiger partial charge is 0.389 e. The van der Waals surface area contributed by atoms with Gasteiger partial charge in [0.05, 0.1) is 38.4 Å². The average Bonchev–Trinajstić information content (AvgIpc) is 3.15. The van der Waals surface area contributed by atoms with E-state index in [0.29, 0.717) is 26.3 Å². The van der Waals surface area contributed by atoms with E-state index in [1.807, 2.05) is 17.5 Å². The van der Waals surface area contributed by atoms with Crippen molar-refractivity contribution in [2.24, 2.45) is 0 Å². The monoisotopic (exact) mass is 339 g/mol. The highest BCUT2D eigenvalue weighted by atomic mass is 32.1. The molecule has 1 amide bonds. The van der Waals surface area contributed by atoms with E-state index in [0.717, 1.165) is 32.6 Å². The van der Waals surface area contributed by atoms with Crippen molar-refractivity contribution in [2.75, 3.05) is 45.9 Å². The van der Waals surface area contributed by atoms with Crippen molar-refractivity contribution < 1.29 is 14.6 Å². The van der Waals surface area contributed by atoms with Gasteiger partial charge in [-0.15, -0.1) is 11.3 Å². The maximum absolute atomic E-state index is 12.1. The number of aliphatic hydroxyl groups is 1. The summed E-state index contributed by atoms with van der Waals surface area (Å²) in [6, 6.07) is 4.14. The number of hydrogen-bond donors (Lipinski definition) is 2. The van der Waals surface area contributed by atoms with E-state index in [1.54, 1.807) is 11.3 Å². The Morgan fingerprint density at radius 3 is 3.00 bits per heavy atom. The van der Waals surface area contributed by atoms with E-state index in [1.165, 1.54) is 4.88 Å². The molecule has 6 nitrogen and oxygen atoms in total. The summed E-state index contributed by atoms with van der Waals surface area (Å²) in [7, 11) is 0. The molecule has 0 saturated carbocycles. The molecule has 23 heavy (non-hydrogen) atoms. The fourth-order valence-corrected chi connectivity index (χ4v) is 3.86. The van der Waals surface area contributed by atoms with Gasteiger partial charge in [0, 0.05) is 18.0 Å². The zero-order chi connectivity index (χ0) is 16.1. The summed E-state index contributed by atoms with van der Waals surface area (Å²) in [5, 5.41) is 15.0. The van der Waals surface area contributed by atoms with Gasteiger partial charge in [0.25, 0.3) is 0 Å². The summed E-state index contributed by atoms with van der Waals surface area (Å²) in [5.74, 6) is 0.0797. The normalized spacial score (nSPS) is 27.0. The van der Waals surface area contributed by atoms with Gasteiger partial charge in [0.2, 0.25) is 5.91 Å². The van der Waals surface area contributed by atoms with Crippen molar-refractivity contribution in [2.45, 2.75) is 25.1 Å². The molecule has 1 aromatic rings. The lowest BCUT2D eigenvalue weighted by atomic mass is 10.2. The van der Waals surface area contributed by atoms with E-state index in [-0.39, 0.29) is 18.1 Å². The third kappa shape index (κ3) is 4.74. The van der Waals surface area contributed by atoms with Crippen molar-refractivity contribution in [3.05, 3.63) is 22.4 Å². The molecule has 2 aliphatic rings. The Morgan fingerprint density at radius 1 is 1.35 bits per heavy atom. The van der Waals surface area contributed by atoms with Crippen LogP contribution in [-0.4, -0.2) is 78.9 Å². The molecule has 2 saturated heterocycles. The van der Waals surface area contributed by atoms with Crippen molar-refractivity contribution >= 4 is 17.2 Å². The summed E-state index contributed by atoms with van der Waals surface area (Å²) < 4.78 is 5.35. The first-order valence-corrected chi connectivity index (χ1v) is 9.11. The zero-order valence-electron chi connectivity index (χ0n) is 13.3. The van der Waals surface area contributed by atoms with Crippen molar-refractivity contribution in [3.63, 3.8) is 0 Å². The molecule has 3 rings (SSSR count). The number of hydrogen-bond acceptors (Lipinski definition) is 6. The Bertz CT molecular complexity index is 497. The van der Waals surface area contributed by atoms with Crippen molar-refractivity contribution in [1.82, 2.24) is 15.1 Å². The highest BCUT2D eigenvalue weighted by Crippen LogP contribution is 2.15. The van der Waals surface area contributed by atoms with E-state index >= 15 is 0 Å². The van der Waals surface area contributed by atoms with E-state index in [4.69, 9.17) is 4.74 Å². The number of rotatable bonds is 5. The minimum absolute atomic E-state index is 0.0797. The Labute approximate surface area is 141 Å². The third-order valence-electron chi connectivity index (χ3n) is 4.52. The first-order valence-electron chi connectivity index (χ1n) is 8.23. The Morgan fingerprint density at radius 2 is 2.26 bits per heavy atom. The topological polar surface area (TPSA) is 65.0 Å². The highest BCUT2D eigenvalue weighted by Gasteiger charge is 2.32. The number of aliphatic hydroxyl groups excluding tert-OH is 1. The van der Waals surface area contributed by atoms with Gasteiger partial charge >= 0.3 is 0 Å². The highest BCUT2D eigenvalue weighted by molar-refractivity contribution is 7.09. The van der Waals surface area contributed by atoms with Crippen LogP contribution >= 0.6 is 11.3 Å². The first kappa shape index (κ1) is 16.9. The minimum atomic E-state index is -0.379. The lowest BCUT2D eigenvalue weighted by Crippen LogP contribution is -2.45. The average molecular weight is 339 g/mol. The van der Waals surface area contributed by atoms with Crippen LogP contribution in [0.15, 0.2) is 17.5 Å². The molecule has 7 heteroatoms. The van der Waals surface area contributed by atoms with Gasteiger partial charge in [-0.1, -0.05) is 6.07 Å². The van der Waals surface area contributed by atoms with E-state index < -0.39 is 0 Å². The number of carbonyl (C=O) groups excluding carboxylic acids is 1. The second kappa shape index (κ2) is 8.21. The molecule has 0 bridgehead atoms. The Balaban J connectivity index is 1.41. The standard InChI is InChI=1S/C16H25N3O3S/c20-15-12-22-11-14(15)19-5-2-4-18(6-7-19)10-16(21)17-9-13-3-1-8-23-13/h1,3,8,14-15,20H,2,4-7,9-12H2,(H,17,21)/t14-,15-/m0/s1. The predicted octanol–water partition coefficient (Wildman–Crippen LogP) is 0.132.